The molecule has 1 aromatic carbocycles. The number of benzene rings is 1. The Labute approximate surface area is 122 Å². The highest BCUT2D eigenvalue weighted by Gasteiger charge is 2.10. The van der Waals surface area contributed by atoms with Gasteiger partial charge in [-0.3, -0.25) is 4.79 Å². The third-order valence-electron chi connectivity index (χ3n) is 3.10. The van der Waals surface area contributed by atoms with Gasteiger partial charge in [-0.15, -0.1) is 10.2 Å². The monoisotopic (exact) mass is 291 g/mol. The summed E-state index contributed by atoms with van der Waals surface area (Å²) in [5, 5.41) is 8.98. The topological polar surface area (TPSA) is 57.0 Å². The number of ether oxygens (including phenoxy) is 1. The number of hydrogen-bond acceptors (Lipinski definition) is 5. The van der Waals surface area contributed by atoms with Gasteiger partial charge in [-0.1, -0.05) is 11.8 Å². The van der Waals surface area contributed by atoms with E-state index in [-0.39, 0.29) is 5.78 Å². The molecule has 0 saturated carbocycles. The molecule has 0 fully saturated rings. The number of carbonyl (C=O) groups excluding carboxylic acids is 1. The van der Waals surface area contributed by atoms with Crippen molar-refractivity contribution in [2.45, 2.75) is 24.8 Å². The van der Waals surface area contributed by atoms with Crippen molar-refractivity contribution in [1.29, 1.82) is 0 Å². The number of ketones is 1. The minimum atomic E-state index is 0.0494. The Hall–Kier alpha value is -1.82. The van der Waals surface area contributed by atoms with Gasteiger partial charge in [0.05, 0.1) is 7.11 Å². The third kappa shape index (κ3) is 3.01. The summed E-state index contributed by atoms with van der Waals surface area (Å²) in [5.74, 6) is 2.38. The van der Waals surface area contributed by atoms with Crippen LogP contribution < -0.4 is 4.74 Å². The number of methoxy groups -OCH3 is 1. The predicted octanol–water partition coefficient (Wildman–Crippen LogP) is 2.63. The van der Waals surface area contributed by atoms with Crippen LogP contribution in [-0.2, 0) is 12.8 Å². The molecule has 6 heteroatoms. The summed E-state index contributed by atoms with van der Waals surface area (Å²) in [7, 11) is 3.56. The number of carbonyl (C=O) groups is 1. The molecule has 0 aliphatic carbocycles. The zero-order valence-electron chi connectivity index (χ0n) is 12.0. The van der Waals surface area contributed by atoms with Crippen LogP contribution in [0.25, 0.3) is 0 Å². The summed E-state index contributed by atoms with van der Waals surface area (Å²) in [5.41, 5.74) is 1.67. The molecule has 106 valence electrons. The quantitative estimate of drug-likeness (QED) is 0.626. The molecule has 0 spiro atoms. The molecule has 0 aliphatic rings. The van der Waals surface area contributed by atoms with Crippen molar-refractivity contribution < 1.29 is 9.53 Å². The fraction of sp³-hybridized carbons (Fsp3) is 0.357. The Balaban J connectivity index is 2.21. The Morgan fingerprint density at radius 1 is 1.40 bits per heavy atom. The van der Waals surface area contributed by atoms with E-state index in [1.165, 1.54) is 0 Å². The van der Waals surface area contributed by atoms with Gasteiger partial charge in [0, 0.05) is 23.9 Å². The second-order valence-electron chi connectivity index (χ2n) is 4.46. The predicted molar refractivity (Wildman–Crippen MR) is 78.3 cm³/mol. The van der Waals surface area contributed by atoms with Crippen molar-refractivity contribution >= 4 is 17.5 Å². The normalized spacial score (nSPS) is 10.6. The molecule has 0 radical (unpaired) electrons. The van der Waals surface area contributed by atoms with E-state index in [0.29, 0.717) is 11.3 Å². The molecule has 2 rings (SSSR count). The van der Waals surface area contributed by atoms with Gasteiger partial charge in [0.2, 0.25) is 0 Å². The SMILES string of the molecule is COc1ccc(C(C)=O)cc1CSc1nnc(C)n1C. The molecule has 0 amide bonds. The van der Waals surface area contributed by atoms with Gasteiger partial charge in [0.1, 0.15) is 11.6 Å². The lowest BCUT2D eigenvalue weighted by Gasteiger charge is -2.09. The van der Waals surface area contributed by atoms with E-state index < -0.39 is 0 Å². The van der Waals surface area contributed by atoms with Crippen molar-refractivity contribution in [3.8, 4) is 5.75 Å². The molecule has 0 N–H and O–H groups in total. The maximum absolute atomic E-state index is 11.5. The molecular weight excluding hydrogens is 274 g/mol. The van der Waals surface area contributed by atoms with Crippen LogP contribution in [0.5, 0.6) is 5.75 Å². The number of hydrogen-bond donors (Lipinski definition) is 0. The molecule has 0 saturated heterocycles. The number of rotatable bonds is 5. The summed E-state index contributed by atoms with van der Waals surface area (Å²) < 4.78 is 7.27. The maximum Gasteiger partial charge on any atom is 0.191 e. The molecule has 0 atom stereocenters. The van der Waals surface area contributed by atoms with Gasteiger partial charge < -0.3 is 9.30 Å². The van der Waals surface area contributed by atoms with Gasteiger partial charge in [0.15, 0.2) is 10.9 Å². The van der Waals surface area contributed by atoms with Crippen LogP contribution in [0.15, 0.2) is 23.4 Å². The number of Topliss-reactive ketones (excluding diaryl/α,β-unsaturated/α-hetero) is 1. The number of nitrogens with zero attached hydrogens (tertiary/aromatic N) is 3. The van der Waals surface area contributed by atoms with Crippen molar-refractivity contribution in [3.63, 3.8) is 0 Å². The average molecular weight is 291 g/mol. The third-order valence-corrected chi connectivity index (χ3v) is 4.17. The highest BCUT2D eigenvalue weighted by Crippen LogP contribution is 2.28. The standard InChI is InChI=1S/C14H17N3O2S/c1-9(18)11-5-6-13(19-4)12(7-11)8-20-14-16-15-10(2)17(14)3/h5-7H,8H2,1-4H3. The average Bonchev–Trinajstić information content (AvgIpc) is 2.76. The molecule has 1 heterocycles. The van der Waals surface area contributed by atoms with E-state index in [1.54, 1.807) is 31.9 Å². The van der Waals surface area contributed by atoms with Crippen molar-refractivity contribution in [1.82, 2.24) is 14.8 Å². The second-order valence-corrected chi connectivity index (χ2v) is 5.40. The smallest absolute Gasteiger partial charge is 0.191 e. The summed E-state index contributed by atoms with van der Waals surface area (Å²) >= 11 is 1.57. The number of thioether (sulfide) groups is 1. The first kappa shape index (κ1) is 14.6. The van der Waals surface area contributed by atoms with E-state index in [4.69, 9.17) is 4.74 Å². The Kier molecular flexibility index (Phi) is 4.44. The van der Waals surface area contributed by atoms with E-state index in [0.717, 1.165) is 22.3 Å². The molecule has 20 heavy (non-hydrogen) atoms. The fourth-order valence-corrected chi connectivity index (χ4v) is 2.70. The summed E-state index contributed by atoms with van der Waals surface area (Å²) in [6, 6.07) is 5.48. The second kappa shape index (κ2) is 6.09. The summed E-state index contributed by atoms with van der Waals surface area (Å²) in [4.78, 5) is 11.5. The molecular formula is C14H17N3O2S. The maximum atomic E-state index is 11.5. The van der Waals surface area contributed by atoms with Crippen LogP contribution in [0.4, 0.5) is 0 Å². The molecule has 5 nitrogen and oxygen atoms in total. The Bertz CT molecular complexity index is 637. The zero-order valence-corrected chi connectivity index (χ0v) is 12.8. The highest BCUT2D eigenvalue weighted by atomic mass is 32.2. The minimum absolute atomic E-state index is 0.0494. The van der Waals surface area contributed by atoms with E-state index >= 15 is 0 Å². The molecule has 0 bridgehead atoms. The van der Waals surface area contributed by atoms with Gasteiger partial charge in [-0.2, -0.15) is 0 Å². The summed E-state index contributed by atoms with van der Waals surface area (Å²) in [6.07, 6.45) is 0. The molecule has 0 unspecified atom stereocenters. The van der Waals surface area contributed by atoms with Crippen molar-refractivity contribution in [3.05, 3.63) is 35.2 Å². The lowest BCUT2D eigenvalue weighted by Crippen LogP contribution is -1.98. The molecule has 1 aromatic heterocycles. The first-order valence-electron chi connectivity index (χ1n) is 6.19. The van der Waals surface area contributed by atoms with Crippen LogP contribution in [0.2, 0.25) is 0 Å². The zero-order chi connectivity index (χ0) is 14.7. The highest BCUT2D eigenvalue weighted by molar-refractivity contribution is 7.98. The van der Waals surface area contributed by atoms with Gasteiger partial charge in [-0.05, 0) is 32.0 Å². The lowest BCUT2D eigenvalue weighted by atomic mass is 10.1. The van der Waals surface area contributed by atoms with Gasteiger partial charge in [0.25, 0.3) is 0 Å². The van der Waals surface area contributed by atoms with Crippen LogP contribution in [0, 0.1) is 6.92 Å². The van der Waals surface area contributed by atoms with Crippen molar-refractivity contribution in [2.24, 2.45) is 7.05 Å². The first-order valence-corrected chi connectivity index (χ1v) is 7.18. The fourth-order valence-electron chi connectivity index (χ4n) is 1.77. The lowest BCUT2D eigenvalue weighted by molar-refractivity contribution is 0.101. The molecule has 0 aliphatic heterocycles. The Morgan fingerprint density at radius 2 is 2.15 bits per heavy atom. The van der Waals surface area contributed by atoms with E-state index in [9.17, 15) is 4.79 Å². The first-order chi connectivity index (χ1) is 9.52. The van der Waals surface area contributed by atoms with Crippen LogP contribution in [0.1, 0.15) is 28.7 Å². The van der Waals surface area contributed by atoms with Crippen LogP contribution >= 0.6 is 11.8 Å². The van der Waals surface area contributed by atoms with E-state index in [1.807, 2.05) is 30.7 Å². The van der Waals surface area contributed by atoms with Crippen LogP contribution in [0.3, 0.4) is 0 Å². The largest absolute Gasteiger partial charge is 0.496 e. The van der Waals surface area contributed by atoms with Gasteiger partial charge in [-0.25, -0.2) is 0 Å². The van der Waals surface area contributed by atoms with Crippen molar-refractivity contribution in [2.75, 3.05) is 7.11 Å². The number of aromatic nitrogens is 3. The Morgan fingerprint density at radius 3 is 2.70 bits per heavy atom. The van der Waals surface area contributed by atoms with Crippen LogP contribution in [-0.4, -0.2) is 27.7 Å². The number of aryl methyl sites for hydroxylation is 1. The summed E-state index contributed by atoms with van der Waals surface area (Å²) in [6.45, 7) is 3.47. The minimum Gasteiger partial charge on any atom is -0.496 e. The van der Waals surface area contributed by atoms with Gasteiger partial charge >= 0.3 is 0 Å². The molecule has 2 aromatic rings. The van der Waals surface area contributed by atoms with E-state index in [2.05, 4.69) is 10.2 Å².